The van der Waals surface area contributed by atoms with Crippen LogP contribution in [0.1, 0.15) is 31.2 Å². The Balaban J connectivity index is 2.00. The molecule has 1 saturated heterocycles. The summed E-state index contributed by atoms with van der Waals surface area (Å²) in [5.74, 6) is -1.37. The van der Waals surface area contributed by atoms with Crippen LogP contribution in [0.5, 0.6) is 0 Å². The van der Waals surface area contributed by atoms with Crippen LogP contribution in [0.3, 0.4) is 0 Å². The van der Waals surface area contributed by atoms with Crippen LogP contribution in [-0.2, 0) is 11.2 Å². The summed E-state index contributed by atoms with van der Waals surface area (Å²) in [5, 5.41) is 0. The number of likely N-dealkylation sites (tertiary alicyclic amines) is 1. The van der Waals surface area contributed by atoms with Crippen LogP contribution >= 0.6 is 0 Å². The van der Waals surface area contributed by atoms with Gasteiger partial charge in [0.25, 0.3) is 0 Å². The minimum atomic E-state index is -0.656. The first-order valence-electron chi connectivity index (χ1n) is 7.05. The van der Waals surface area contributed by atoms with E-state index in [-0.39, 0.29) is 23.9 Å². The quantitative estimate of drug-likeness (QED) is 0.900. The van der Waals surface area contributed by atoms with E-state index < -0.39 is 11.6 Å². The first-order chi connectivity index (χ1) is 9.61. The zero-order valence-electron chi connectivity index (χ0n) is 11.4. The van der Waals surface area contributed by atoms with Crippen LogP contribution in [0.15, 0.2) is 18.2 Å². The number of nitrogens with zero attached hydrogens (tertiary/aromatic N) is 1. The summed E-state index contributed by atoms with van der Waals surface area (Å²) in [6.07, 6.45) is 3.74. The van der Waals surface area contributed by atoms with Crippen molar-refractivity contribution in [1.82, 2.24) is 4.90 Å². The third kappa shape index (κ3) is 3.54. The maximum Gasteiger partial charge on any atom is 0.227 e. The summed E-state index contributed by atoms with van der Waals surface area (Å²) in [6, 6.07) is 3.56. The van der Waals surface area contributed by atoms with E-state index in [4.69, 9.17) is 5.73 Å². The number of nitrogens with two attached hydrogens (primary N) is 1. The van der Waals surface area contributed by atoms with Gasteiger partial charge in [-0.2, -0.15) is 0 Å². The lowest BCUT2D eigenvalue weighted by Crippen LogP contribution is -2.37. The molecule has 1 aromatic carbocycles. The van der Waals surface area contributed by atoms with E-state index in [1.165, 1.54) is 12.1 Å². The summed E-state index contributed by atoms with van der Waals surface area (Å²) in [7, 11) is 0. The smallest absolute Gasteiger partial charge is 0.227 e. The number of halogens is 2. The number of hydrogen-bond donors (Lipinski definition) is 1. The Bertz CT molecular complexity index is 479. The van der Waals surface area contributed by atoms with E-state index in [0.717, 1.165) is 38.3 Å². The molecule has 1 aliphatic heterocycles. The first kappa shape index (κ1) is 14.9. The van der Waals surface area contributed by atoms with Crippen LogP contribution in [0, 0.1) is 11.6 Å². The van der Waals surface area contributed by atoms with E-state index in [0.29, 0.717) is 6.54 Å². The lowest BCUT2D eigenvalue weighted by atomic mass is 10.1. The third-order valence-corrected chi connectivity index (χ3v) is 3.80. The van der Waals surface area contributed by atoms with E-state index in [1.807, 2.05) is 4.90 Å². The van der Waals surface area contributed by atoms with Gasteiger partial charge in [0.1, 0.15) is 11.6 Å². The Morgan fingerprint density at radius 3 is 2.90 bits per heavy atom. The zero-order valence-corrected chi connectivity index (χ0v) is 11.4. The van der Waals surface area contributed by atoms with Crippen molar-refractivity contribution in [1.29, 1.82) is 0 Å². The molecule has 1 atom stereocenters. The van der Waals surface area contributed by atoms with Gasteiger partial charge >= 0.3 is 0 Å². The monoisotopic (exact) mass is 282 g/mol. The molecule has 1 aliphatic rings. The summed E-state index contributed by atoms with van der Waals surface area (Å²) in [6.45, 7) is 1.34. The van der Waals surface area contributed by atoms with Crippen molar-refractivity contribution < 1.29 is 13.6 Å². The van der Waals surface area contributed by atoms with Gasteiger partial charge < -0.3 is 10.6 Å². The topological polar surface area (TPSA) is 46.3 Å². The molecule has 0 bridgehead atoms. The number of benzene rings is 1. The summed E-state index contributed by atoms with van der Waals surface area (Å²) < 4.78 is 26.4. The highest BCUT2D eigenvalue weighted by Crippen LogP contribution is 2.22. The first-order valence-corrected chi connectivity index (χ1v) is 7.05. The van der Waals surface area contributed by atoms with E-state index in [9.17, 15) is 13.6 Å². The molecular formula is C15H20F2N2O. The molecule has 1 amide bonds. The molecule has 0 aromatic heterocycles. The fourth-order valence-corrected chi connectivity index (χ4v) is 2.75. The molecule has 1 fully saturated rings. The van der Waals surface area contributed by atoms with Crippen LogP contribution in [0.25, 0.3) is 0 Å². The minimum Gasteiger partial charge on any atom is -0.339 e. The second-order valence-corrected chi connectivity index (χ2v) is 5.23. The van der Waals surface area contributed by atoms with Crippen LogP contribution in [0.2, 0.25) is 0 Å². The average Bonchev–Trinajstić information content (AvgIpc) is 2.88. The van der Waals surface area contributed by atoms with E-state index >= 15 is 0 Å². The van der Waals surface area contributed by atoms with Crippen molar-refractivity contribution in [2.75, 3.05) is 13.1 Å². The van der Waals surface area contributed by atoms with E-state index in [2.05, 4.69) is 0 Å². The zero-order chi connectivity index (χ0) is 14.5. The predicted octanol–water partition coefficient (Wildman–Crippen LogP) is 2.24. The van der Waals surface area contributed by atoms with Gasteiger partial charge in [-0.3, -0.25) is 4.79 Å². The molecule has 0 saturated carbocycles. The normalized spacial score (nSPS) is 18.6. The molecule has 1 unspecified atom stereocenters. The molecule has 3 nitrogen and oxygen atoms in total. The van der Waals surface area contributed by atoms with Crippen molar-refractivity contribution >= 4 is 5.91 Å². The van der Waals surface area contributed by atoms with Gasteiger partial charge in [0, 0.05) is 18.7 Å². The minimum absolute atomic E-state index is 0.00869. The largest absolute Gasteiger partial charge is 0.339 e. The van der Waals surface area contributed by atoms with Crippen molar-refractivity contribution in [2.24, 2.45) is 5.73 Å². The molecule has 110 valence electrons. The second-order valence-electron chi connectivity index (χ2n) is 5.23. The Kier molecular flexibility index (Phi) is 5.06. The van der Waals surface area contributed by atoms with Crippen LogP contribution in [0.4, 0.5) is 8.78 Å². The number of amides is 1. The van der Waals surface area contributed by atoms with Gasteiger partial charge in [-0.15, -0.1) is 0 Å². The third-order valence-electron chi connectivity index (χ3n) is 3.80. The van der Waals surface area contributed by atoms with Gasteiger partial charge in [-0.25, -0.2) is 8.78 Å². The maximum atomic E-state index is 13.6. The Morgan fingerprint density at radius 1 is 1.40 bits per heavy atom. The van der Waals surface area contributed by atoms with Gasteiger partial charge in [0.2, 0.25) is 5.91 Å². The summed E-state index contributed by atoms with van der Waals surface area (Å²) >= 11 is 0. The molecule has 2 rings (SSSR count). The molecule has 5 heteroatoms. The molecule has 1 heterocycles. The van der Waals surface area contributed by atoms with Crippen LogP contribution in [-0.4, -0.2) is 29.9 Å². The second kappa shape index (κ2) is 6.79. The molecule has 0 radical (unpaired) electrons. The number of carbonyl (C=O) groups excluding carboxylic acids is 1. The number of hydrogen-bond acceptors (Lipinski definition) is 2. The van der Waals surface area contributed by atoms with Crippen molar-refractivity contribution in [3.63, 3.8) is 0 Å². The molecule has 0 spiro atoms. The van der Waals surface area contributed by atoms with Gasteiger partial charge in [0.05, 0.1) is 6.42 Å². The SMILES string of the molecule is NCCCC1CCCN1C(=O)Cc1ccc(F)cc1F. The molecule has 2 N–H and O–H groups in total. The number of carbonyl (C=O) groups is 1. The Hall–Kier alpha value is -1.49. The van der Waals surface area contributed by atoms with Gasteiger partial charge in [0.15, 0.2) is 0 Å². The van der Waals surface area contributed by atoms with Gasteiger partial charge in [-0.05, 0) is 43.9 Å². The molecular weight excluding hydrogens is 262 g/mol. The fourth-order valence-electron chi connectivity index (χ4n) is 2.75. The standard InChI is InChI=1S/C15H20F2N2O/c16-12-6-5-11(14(17)10-12)9-15(20)19-8-2-4-13(19)3-1-7-18/h5-6,10,13H,1-4,7-9,18H2. The van der Waals surface area contributed by atoms with Gasteiger partial charge in [-0.1, -0.05) is 6.07 Å². The molecule has 1 aromatic rings. The Morgan fingerprint density at radius 2 is 2.20 bits per heavy atom. The number of rotatable bonds is 5. The van der Waals surface area contributed by atoms with E-state index in [1.54, 1.807) is 0 Å². The summed E-state index contributed by atoms with van der Waals surface area (Å²) in [5.41, 5.74) is 5.75. The predicted molar refractivity (Wildman–Crippen MR) is 73.1 cm³/mol. The average molecular weight is 282 g/mol. The summed E-state index contributed by atoms with van der Waals surface area (Å²) in [4.78, 5) is 14.1. The highest BCUT2D eigenvalue weighted by molar-refractivity contribution is 5.79. The highest BCUT2D eigenvalue weighted by atomic mass is 19.1. The Labute approximate surface area is 117 Å². The van der Waals surface area contributed by atoms with Crippen molar-refractivity contribution in [3.05, 3.63) is 35.4 Å². The van der Waals surface area contributed by atoms with Crippen molar-refractivity contribution in [3.8, 4) is 0 Å². The fraction of sp³-hybridized carbons (Fsp3) is 0.533. The maximum absolute atomic E-state index is 13.6. The lowest BCUT2D eigenvalue weighted by Gasteiger charge is -2.24. The lowest BCUT2D eigenvalue weighted by molar-refractivity contribution is -0.131. The van der Waals surface area contributed by atoms with Crippen LogP contribution < -0.4 is 5.73 Å². The molecule has 20 heavy (non-hydrogen) atoms. The van der Waals surface area contributed by atoms with Crippen molar-refractivity contribution in [2.45, 2.75) is 38.1 Å². The molecule has 0 aliphatic carbocycles. The highest BCUT2D eigenvalue weighted by Gasteiger charge is 2.28.